The predicted octanol–water partition coefficient (Wildman–Crippen LogP) is 2.54. The second kappa shape index (κ2) is 5.17. The van der Waals surface area contributed by atoms with Gasteiger partial charge in [0.25, 0.3) is 6.43 Å². The number of hydrogen-bond donors (Lipinski definition) is 1. The number of rotatable bonds is 3. The minimum absolute atomic E-state index is 0.243. The molecule has 19 heavy (non-hydrogen) atoms. The second-order valence-corrected chi connectivity index (χ2v) is 3.39. The summed E-state index contributed by atoms with van der Waals surface area (Å²) in [6, 6.07) is 1.09. The summed E-state index contributed by atoms with van der Waals surface area (Å²) in [7, 11) is 0. The van der Waals surface area contributed by atoms with Crippen LogP contribution in [0, 0.1) is 11.3 Å². The van der Waals surface area contributed by atoms with Crippen LogP contribution in [0.1, 0.15) is 28.8 Å². The normalized spacial score (nSPS) is 11.4. The highest BCUT2D eigenvalue weighted by atomic mass is 19.4. The van der Waals surface area contributed by atoms with Crippen molar-refractivity contribution >= 4 is 5.97 Å². The number of pyridine rings is 1. The lowest BCUT2D eigenvalue weighted by atomic mass is 10.00. The first-order chi connectivity index (χ1) is 8.68. The maximum atomic E-state index is 12.7. The third-order valence-corrected chi connectivity index (χ3v) is 2.14. The summed E-state index contributed by atoms with van der Waals surface area (Å²) in [5, 5.41) is 17.1. The molecule has 0 bridgehead atoms. The second-order valence-electron chi connectivity index (χ2n) is 3.39. The zero-order valence-electron chi connectivity index (χ0n) is 9.00. The van der Waals surface area contributed by atoms with E-state index in [1.807, 2.05) is 0 Å². The molecule has 0 amide bonds. The topological polar surface area (TPSA) is 74.0 Å². The zero-order valence-corrected chi connectivity index (χ0v) is 9.00. The van der Waals surface area contributed by atoms with Gasteiger partial charge in [-0.25, -0.2) is 8.78 Å². The Morgan fingerprint density at radius 1 is 1.47 bits per heavy atom. The van der Waals surface area contributed by atoms with Crippen LogP contribution in [0.5, 0.6) is 0 Å². The van der Waals surface area contributed by atoms with Crippen molar-refractivity contribution in [3.63, 3.8) is 0 Å². The quantitative estimate of drug-likeness (QED) is 0.863. The van der Waals surface area contributed by atoms with E-state index in [2.05, 4.69) is 4.98 Å². The van der Waals surface area contributed by atoms with E-state index in [-0.39, 0.29) is 6.20 Å². The van der Waals surface area contributed by atoms with E-state index in [0.29, 0.717) is 0 Å². The number of hydrogen-bond acceptors (Lipinski definition) is 3. The van der Waals surface area contributed by atoms with Crippen LogP contribution in [-0.4, -0.2) is 16.1 Å². The zero-order chi connectivity index (χ0) is 14.8. The molecule has 102 valence electrons. The molecule has 1 heterocycles. The lowest BCUT2D eigenvalue weighted by molar-refractivity contribution is -0.140. The molecule has 1 aromatic heterocycles. The lowest BCUT2D eigenvalue weighted by Gasteiger charge is -2.15. The van der Waals surface area contributed by atoms with E-state index >= 15 is 0 Å². The van der Waals surface area contributed by atoms with E-state index in [1.165, 1.54) is 0 Å². The highest BCUT2D eigenvalue weighted by molar-refractivity contribution is 5.71. The first-order valence-electron chi connectivity index (χ1n) is 4.67. The monoisotopic (exact) mass is 280 g/mol. The van der Waals surface area contributed by atoms with Gasteiger partial charge >= 0.3 is 12.1 Å². The Hall–Kier alpha value is -2.24. The maximum absolute atomic E-state index is 12.7. The third-order valence-electron chi connectivity index (χ3n) is 2.14. The number of aliphatic carboxylic acids is 1. The Balaban J connectivity index is 3.61. The number of aromatic nitrogens is 1. The molecule has 0 radical (unpaired) electrons. The number of nitrogens with zero attached hydrogens (tertiary/aromatic N) is 2. The highest BCUT2D eigenvalue weighted by Crippen LogP contribution is 2.38. The SMILES string of the molecule is N#Cc1c(CC(=O)O)ncc(C(F)F)c1C(F)(F)F. The molecule has 0 saturated heterocycles. The van der Waals surface area contributed by atoms with Crippen molar-refractivity contribution in [2.45, 2.75) is 19.0 Å². The molecule has 0 atom stereocenters. The molecule has 0 aliphatic heterocycles. The Morgan fingerprint density at radius 2 is 2.05 bits per heavy atom. The van der Waals surface area contributed by atoms with Crippen LogP contribution in [0.3, 0.4) is 0 Å². The Morgan fingerprint density at radius 3 is 2.42 bits per heavy atom. The Labute approximate surface area is 103 Å². The van der Waals surface area contributed by atoms with Crippen LogP contribution in [0.15, 0.2) is 6.20 Å². The van der Waals surface area contributed by atoms with Gasteiger partial charge in [0, 0.05) is 11.8 Å². The summed E-state index contributed by atoms with van der Waals surface area (Å²) >= 11 is 0. The molecule has 0 saturated carbocycles. The predicted molar refractivity (Wildman–Crippen MR) is 50.3 cm³/mol. The van der Waals surface area contributed by atoms with Crippen molar-refractivity contribution in [3.05, 3.63) is 28.6 Å². The molecular formula is C10H5F5N2O2. The number of carbonyl (C=O) groups is 1. The van der Waals surface area contributed by atoms with Crippen LogP contribution in [0.4, 0.5) is 22.0 Å². The molecule has 0 unspecified atom stereocenters. The van der Waals surface area contributed by atoms with E-state index in [1.54, 1.807) is 0 Å². The van der Waals surface area contributed by atoms with Gasteiger partial charge in [-0.1, -0.05) is 0 Å². The van der Waals surface area contributed by atoms with Crippen molar-refractivity contribution in [2.24, 2.45) is 0 Å². The van der Waals surface area contributed by atoms with Crippen molar-refractivity contribution < 1.29 is 31.9 Å². The van der Waals surface area contributed by atoms with Crippen molar-refractivity contribution in [1.82, 2.24) is 4.98 Å². The molecule has 0 aliphatic carbocycles. The number of carboxylic acid groups (broad SMARTS) is 1. The number of carboxylic acids is 1. The Bertz CT molecular complexity index is 548. The van der Waals surface area contributed by atoms with E-state index in [9.17, 15) is 26.7 Å². The van der Waals surface area contributed by atoms with Crippen molar-refractivity contribution in [2.75, 3.05) is 0 Å². The van der Waals surface area contributed by atoms with Gasteiger partial charge < -0.3 is 5.11 Å². The van der Waals surface area contributed by atoms with Crippen LogP contribution >= 0.6 is 0 Å². The molecule has 0 spiro atoms. The largest absolute Gasteiger partial charge is 0.481 e. The molecule has 4 nitrogen and oxygen atoms in total. The maximum Gasteiger partial charge on any atom is 0.418 e. The first kappa shape index (κ1) is 14.8. The first-order valence-corrected chi connectivity index (χ1v) is 4.67. The number of nitriles is 1. The fourth-order valence-electron chi connectivity index (χ4n) is 1.43. The van der Waals surface area contributed by atoms with Crippen molar-refractivity contribution in [1.29, 1.82) is 5.26 Å². The van der Waals surface area contributed by atoms with Gasteiger partial charge in [0.2, 0.25) is 0 Å². The Kier molecular flexibility index (Phi) is 4.04. The lowest BCUT2D eigenvalue weighted by Crippen LogP contribution is -2.17. The molecule has 0 aliphatic rings. The fraction of sp³-hybridized carbons (Fsp3) is 0.300. The van der Waals surface area contributed by atoms with Gasteiger partial charge in [0.1, 0.15) is 6.07 Å². The van der Waals surface area contributed by atoms with Gasteiger partial charge in [-0.15, -0.1) is 0 Å². The highest BCUT2D eigenvalue weighted by Gasteiger charge is 2.40. The number of halogens is 5. The van der Waals surface area contributed by atoms with Gasteiger partial charge in [-0.05, 0) is 0 Å². The fourth-order valence-corrected chi connectivity index (χ4v) is 1.43. The van der Waals surface area contributed by atoms with Crippen molar-refractivity contribution in [3.8, 4) is 6.07 Å². The molecule has 9 heteroatoms. The van der Waals surface area contributed by atoms with Crippen LogP contribution < -0.4 is 0 Å². The van der Waals surface area contributed by atoms with E-state index in [0.717, 1.165) is 6.07 Å². The molecular weight excluding hydrogens is 275 g/mol. The minimum Gasteiger partial charge on any atom is -0.481 e. The molecule has 0 fully saturated rings. The van der Waals surface area contributed by atoms with Gasteiger partial charge in [-0.2, -0.15) is 18.4 Å². The standard InChI is InChI=1S/C10H5F5N2O2/c11-9(12)5-3-17-6(1-7(18)19)4(2-16)8(5)10(13,14)15/h3,9H,1H2,(H,18,19). The summed E-state index contributed by atoms with van der Waals surface area (Å²) in [4.78, 5) is 13.6. The summed E-state index contributed by atoms with van der Waals surface area (Å²) in [6.45, 7) is 0. The summed E-state index contributed by atoms with van der Waals surface area (Å²) in [6.07, 6.45) is -9.40. The van der Waals surface area contributed by atoms with Gasteiger partial charge in [0.15, 0.2) is 0 Å². The van der Waals surface area contributed by atoms with E-state index < -0.39 is 47.4 Å². The average Bonchev–Trinajstić information content (AvgIpc) is 2.25. The smallest absolute Gasteiger partial charge is 0.418 e. The van der Waals surface area contributed by atoms with Crippen LogP contribution in [0.2, 0.25) is 0 Å². The summed E-state index contributed by atoms with van der Waals surface area (Å²) in [5.41, 5.74) is -5.17. The summed E-state index contributed by atoms with van der Waals surface area (Å²) in [5.74, 6) is -1.53. The minimum atomic E-state index is -5.20. The molecule has 1 N–H and O–H groups in total. The van der Waals surface area contributed by atoms with Gasteiger partial charge in [-0.3, -0.25) is 9.78 Å². The van der Waals surface area contributed by atoms with E-state index in [4.69, 9.17) is 10.4 Å². The number of alkyl halides is 5. The molecule has 1 rings (SSSR count). The summed E-state index contributed by atoms with van der Waals surface area (Å²) < 4.78 is 63.1. The van der Waals surface area contributed by atoms with Gasteiger partial charge in [0.05, 0.1) is 23.2 Å². The average molecular weight is 280 g/mol. The van der Waals surface area contributed by atoms with Crippen LogP contribution in [-0.2, 0) is 17.4 Å². The molecule has 1 aromatic rings. The molecule has 0 aromatic carbocycles. The third kappa shape index (κ3) is 3.15. The van der Waals surface area contributed by atoms with Crippen LogP contribution in [0.25, 0.3) is 0 Å².